The maximum absolute atomic E-state index is 3.86. The van der Waals surface area contributed by atoms with E-state index >= 15 is 0 Å². The van der Waals surface area contributed by atoms with Crippen LogP contribution in [-0.4, -0.2) is 23.6 Å². The molecular formula is C17H35NS. The lowest BCUT2D eigenvalue weighted by atomic mass is 9.74. The zero-order chi connectivity index (χ0) is 14.1. The summed E-state index contributed by atoms with van der Waals surface area (Å²) in [5.41, 5.74) is 0. The van der Waals surface area contributed by atoms with Gasteiger partial charge in [-0.25, -0.2) is 0 Å². The summed E-state index contributed by atoms with van der Waals surface area (Å²) in [6.07, 6.45) is 9.79. The van der Waals surface area contributed by atoms with Crippen molar-refractivity contribution in [3.8, 4) is 0 Å². The van der Waals surface area contributed by atoms with Crippen LogP contribution in [-0.2, 0) is 0 Å². The minimum Gasteiger partial charge on any atom is -0.313 e. The minimum absolute atomic E-state index is 0.754. The summed E-state index contributed by atoms with van der Waals surface area (Å²) in [6, 6.07) is 0.754. The summed E-state index contributed by atoms with van der Waals surface area (Å²) in [7, 11) is 0. The van der Waals surface area contributed by atoms with Crippen molar-refractivity contribution in [2.45, 2.75) is 83.9 Å². The topological polar surface area (TPSA) is 12.0 Å². The fraction of sp³-hybridized carbons (Fsp3) is 1.00. The zero-order valence-corrected chi connectivity index (χ0v) is 14.4. The lowest BCUT2D eigenvalue weighted by molar-refractivity contribution is 0.185. The molecule has 1 nitrogen and oxygen atoms in total. The maximum atomic E-state index is 3.86. The molecule has 0 heterocycles. The number of rotatable bonds is 9. The smallest absolute Gasteiger partial charge is 0.0189 e. The van der Waals surface area contributed by atoms with Gasteiger partial charge in [-0.3, -0.25) is 0 Å². The van der Waals surface area contributed by atoms with E-state index in [1.807, 2.05) is 0 Å². The third-order valence-electron chi connectivity index (χ3n) is 4.80. The van der Waals surface area contributed by atoms with Crippen molar-refractivity contribution in [2.24, 2.45) is 11.8 Å². The minimum atomic E-state index is 0.754. The van der Waals surface area contributed by atoms with Crippen molar-refractivity contribution in [1.82, 2.24) is 5.32 Å². The fourth-order valence-corrected chi connectivity index (χ4v) is 4.46. The van der Waals surface area contributed by atoms with Crippen LogP contribution in [0.1, 0.15) is 72.6 Å². The van der Waals surface area contributed by atoms with Gasteiger partial charge in [0.1, 0.15) is 0 Å². The molecule has 2 heteroatoms. The van der Waals surface area contributed by atoms with Crippen LogP contribution < -0.4 is 5.32 Å². The molecule has 1 rings (SSSR count). The lowest BCUT2D eigenvalue weighted by Crippen LogP contribution is -2.43. The summed E-state index contributed by atoms with van der Waals surface area (Å²) in [6.45, 7) is 10.5. The van der Waals surface area contributed by atoms with Gasteiger partial charge in [-0.15, -0.1) is 0 Å². The Hall–Kier alpha value is 0.310. The molecule has 1 aliphatic rings. The molecule has 19 heavy (non-hydrogen) atoms. The Balaban J connectivity index is 2.54. The van der Waals surface area contributed by atoms with Crippen LogP contribution in [0, 0.1) is 11.8 Å². The van der Waals surface area contributed by atoms with E-state index in [9.17, 15) is 0 Å². The van der Waals surface area contributed by atoms with Crippen molar-refractivity contribution in [3.63, 3.8) is 0 Å². The zero-order valence-electron chi connectivity index (χ0n) is 13.6. The Morgan fingerprint density at radius 2 is 1.89 bits per heavy atom. The quantitative estimate of drug-likeness (QED) is 0.632. The highest BCUT2D eigenvalue weighted by atomic mass is 32.2. The molecule has 0 aromatic carbocycles. The fourth-order valence-electron chi connectivity index (χ4n) is 3.32. The van der Waals surface area contributed by atoms with Gasteiger partial charge in [0.25, 0.3) is 0 Å². The molecule has 114 valence electrons. The highest BCUT2D eigenvalue weighted by molar-refractivity contribution is 7.99. The third-order valence-corrected chi connectivity index (χ3v) is 6.25. The molecule has 0 radical (unpaired) electrons. The van der Waals surface area contributed by atoms with Gasteiger partial charge in [0, 0.05) is 17.0 Å². The standard InChI is InChI=1S/C17H35NS/c1-5-12-18-17(13-19-14(4)6-2)16-11-9-8-10-15(16)7-3/h14-18H,5-13H2,1-4H3. The molecule has 1 saturated carbocycles. The van der Waals surface area contributed by atoms with E-state index in [0.29, 0.717) is 0 Å². The van der Waals surface area contributed by atoms with Crippen LogP contribution in [0.4, 0.5) is 0 Å². The van der Waals surface area contributed by atoms with Gasteiger partial charge in [-0.05, 0) is 37.6 Å². The second-order valence-corrected chi connectivity index (χ2v) is 7.70. The van der Waals surface area contributed by atoms with Crippen molar-refractivity contribution < 1.29 is 0 Å². The van der Waals surface area contributed by atoms with Crippen molar-refractivity contribution in [1.29, 1.82) is 0 Å². The van der Waals surface area contributed by atoms with E-state index < -0.39 is 0 Å². The number of thioether (sulfide) groups is 1. The first kappa shape index (κ1) is 17.4. The normalized spacial score (nSPS) is 27.2. The predicted molar refractivity (Wildman–Crippen MR) is 90.0 cm³/mol. The molecule has 4 unspecified atom stereocenters. The van der Waals surface area contributed by atoms with Crippen molar-refractivity contribution in [2.75, 3.05) is 12.3 Å². The van der Waals surface area contributed by atoms with E-state index in [4.69, 9.17) is 0 Å². The number of hydrogen-bond acceptors (Lipinski definition) is 2. The SMILES string of the molecule is CCCNC(CSC(C)CC)C1CCCCC1CC. The third kappa shape index (κ3) is 6.08. The maximum Gasteiger partial charge on any atom is 0.0189 e. The van der Waals surface area contributed by atoms with Gasteiger partial charge in [0.05, 0.1) is 0 Å². The van der Waals surface area contributed by atoms with Gasteiger partial charge < -0.3 is 5.32 Å². The van der Waals surface area contributed by atoms with E-state index in [0.717, 1.165) is 23.1 Å². The van der Waals surface area contributed by atoms with Crippen LogP contribution >= 0.6 is 11.8 Å². The molecule has 0 aromatic rings. The highest BCUT2D eigenvalue weighted by Gasteiger charge is 2.30. The molecular weight excluding hydrogens is 250 g/mol. The number of hydrogen-bond donors (Lipinski definition) is 1. The second kappa shape index (κ2) is 10.1. The van der Waals surface area contributed by atoms with E-state index in [1.165, 1.54) is 57.2 Å². The molecule has 4 atom stereocenters. The Kier molecular flexibility index (Phi) is 9.23. The summed E-state index contributed by atoms with van der Waals surface area (Å²) >= 11 is 2.18. The monoisotopic (exact) mass is 285 g/mol. The first-order chi connectivity index (χ1) is 9.22. The van der Waals surface area contributed by atoms with Gasteiger partial charge in [0.15, 0.2) is 0 Å². The second-order valence-electron chi connectivity index (χ2n) is 6.23. The lowest BCUT2D eigenvalue weighted by Gasteiger charge is -2.37. The summed E-state index contributed by atoms with van der Waals surface area (Å²) < 4.78 is 0. The number of nitrogens with one attached hydrogen (secondary N) is 1. The highest BCUT2D eigenvalue weighted by Crippen LogP contribution is 2.35. The van der Waals surface area contributed by atoms with E-state index in [2.05, 4.69) is 44.8 Å². The Labute approximate surface area is 125 Å². The van der Waals surface area contributed by atoms with E-state index in [1.54, 1.807) is 0 Å². The van der Waals surface area contributed by atoms with Crippen LogP contribution in [0.15, 0.2) is 0 Å². The first-order valence-corrected chi connectivity index (χ1v) is 9.62. The molecule has 1 fully saturated rings. The summed E-state index contributed by atoms with van der Waals surface area (Å²) in [5.74, 6) is 3.22. The largest absolute Gasteiger partial charge is 0.313 e. The molecule has 0 amide bonds. The Bertz CT molecular complexity index is 219. The van der Waals surface area contributed by atoms with Crippen LogP contribution in [0.25, 0.3) is 0 Å². The first-order valence-electron chi connectivity index (χ1n) is 8.57. The van der Waals surface area contributed by atoms with Crippen LogP contribution in [0.3, 0.4) is 0 Å². The molecule has 0 saturated heterocycles. The van der Waals surface area contributed by atoms with Gasteiger partial charge in [0.2, 0.25) is 0 Å². The van der Waals surface area contributed by atoms with Crippen LogP contribution in [0.5, 0.6) is 0 Å². The Morgan fingerprint density at radius 1 is 1.16 bits per heavy atom. The van der Waals surface area contributed by atoms with Crippen molar-refractivity contribution in [3.05, 3.63) is 0 Å². The van der Waals surface area contributed by atoms with Gasteiger partial charge in [-0.2, -0.15) is 11.8 Å². The summed E-state index contributed by atoms with van der Waals surface area (Å²) in [4.78, 5) is 0. The molecule has 0 aromatic heterocycles. The molecule has 0 bridgehead atoms. The van der Waals surface area contributed by atoms with Gasteiger partial charge >= 0.3 is 0 Å². The Morgan fingerprint density at radius 3 is 2.53 bits per heavy atom. The van der Waals surface area contributed by atoms with E-state index in [-0.39, 0.29) is 0 Å². The van der Waals surface area contributed by atoms with Crippen LogP contribution in [0.2, 0.25) is 0 Å². The molecule has 0 aliphatic heterocycles. The average Bonchev–Trinajstić information content (AvgIpc) is 2.47. The molecule has 0 spiro atoms. The molecule has 1 aliphatic carbocycles. The van der Waals surface area contributed by atoms with Crippen molar-refractivity contribution >= 4 is 11.8 Å². The average molecular weight is 286 g/mol. The molecule has 1 N–H and O–H groups in total. The van der Waals surface area contributed by atoms with Gasteiger partial charge in [-0.1, -0.05) is 53.4 Å². The summed E-state index contributed by atoms with van der Waals surface area (Å²) in [5, 5.41) is 4.68. The predicted octanol–water partition coefficient (Wildman–Crippen LogP) is 5.10.